The summed E-state index contributed by atoms with van der Waals surface area (Å²) in [5, 5.41) is 8.96. The molecule has 3 atom stereocenters. The Morgan fingerprint density at radius 1 is 1.21 bits per heavy atom. The number of aliphatic hydroxyl groups excluding tert-OH is 1. The minimum Gasteiger partial charge on any atom is -0.394 e. The van der Waals surface area contributed by atoms with Gasteiger partial charge in [-0.15, -0.1) is 0 Å². The van der Waals surface area contributed by atoms with Crippen LogP contribution in [0.2, 0.25) is 0 Å². The van der Waals surface area contributed by atoms with Crippen molar-refractivity contribution in [3.8, 4) is 0 Å². The van der Waals surface area contributed by atoms with E-state index in [-0.39, 0.29) is 24.9 Å². The smallest absolute Gasteiger partial charge is 0.104 e. The average molecular weight is 204 g/mol. The lowest BCUT2D eigenvalue weighted by molar-refractivity contribution is -0.0481. The Labute approximate surface area is 82.9 Å². The lowest BCUT2D eigenvalue weighted by Crippen LogP contribution is -2.26. The van der Waals surface area contributed by atoms with Gasteiger partial charge in [-0.3, -0.25) is 0 Å². The summed E-state index contributed by atoms with van der Waals surface area (Å²) in [6, 6.07) is 0. The Balaban J connectivity index is 1.49. The van der Waals surface area contributed by atoms with Crippen molar-refractivity contribution in [2.45, 2.75) is 18.3 Å². The third-order valence-electron chi connectivity index (χ3n) is 2.13. The van der Waals surface area contributed by atoms with Gasteiger partial charge in [0.05, 0.1) is 39.6 Å². The van der Waals surface area contributed by atoms with Crippen LogP contribution in [0.4, 0.5) is 0 Å². The molecule has 0 aromatic heterocycles. The van der Waals surface area contributed by atoms with Crippen molar-refractivity contribution < 1.29 is 24.1 Å². The molecule has 0 aromatic carbocycles. The maximum absolute atomic E-state index is 8.96. The molecule has 2 fully saturated rings. The van der Waals surface area contributed by atoms with E-state index in [2.05, 4.69) is 0 Å². The number of aliphatic hydroxyl groups is 1. The van der Waals surface area contributed by atoms with E-state index in [1.807, 2.05) is 0 Å². The first kappa shape index (κ1) is 10.3. The molecule has 2 aliphatic rings. The third kappa shape index (κ3) is 3.89. The van der Waals surface area contributed by atoms with Crippen LogP contribution in [0.25, 0.3) is 0 Å². The molecule has 2 rings (SSSR count). The molecule has 0 aromatic rings. The summed E-state index contributed by atoms with van der Waals surface area (Å²) in [4.78, 5) is 0. The Morgan fingerprint density at radius 3 is 2.43 bits per heavy atom. The predicted octanol–water partition coefficient (Wildman–Crippen LogP) is -0.822. The number of hydrogen-bond acceptors (Lipinski definition) is 5. The monoisotopic (exact) mass is 204 g/mol. The highest BCUT2D eigenvalue weighted by atomic mass is 16.6. The fourth-order valence-electron chi connectivity index (χ4n) is 1.06. The zero-order valence-corrected chi connectivity index (χ0v) is 8.05. The summed E-state index contributed by atoms with van der Waals surface area (Å²) < 4.78 is 20.7. The number of ether oxygens (including phenoxy) is 4. The molecule has 14 heavy (non-hydrogen) atoms. The predicted molar refractivity (Wildman–Crippen MR) is 47.1 cm³/mol. The molecule has 5 heteroatoms. The minimum absolute atomic E-state index is 0.0156. The van der Waals surface area contributed by atoms with Crippen molar-refractivity contribution in [1.29, 1.82) is 0 Å². The Kier molecular flexibility index (Phi) is 3.72. The summed E-state index contributed by atoms with van der Waals surface area (Å²) in [6.07, 6.45) is 0.259. The van der Waals surface area contributed by atoms with Gasteiger partial charge in [0, 0.05) is 0 Å². The molecule has 2 aliphatic heterocycles. The van der Waals surface area contributed by atoms with Crippen molar-refractivity contribution >= 4 is 0 Å². The first-order chi connectivity index (χ1) is 6.88. The van der Waals surface area contributed by atoms with Gasteiger partial charge < -0.3 is 24.1 Å². The van der Waals surface area contributed by atoms with E-state index in [4.69, 9.17) is 24.1 Å². The molecule has 82 valence electrons. The molecule has 1 N–H and O–H groups in total. The summed E-state index contributed by atoms with van der Waals surface area (Å²) in [5.74, 6) is 0. The van der Waals surface area contributed by atoms with Crippen molar-refractivity contribution in [1.82, 2.24) is 0 Å². The summed E-state index contributed by atoms with van der Waals surface area (Å²) in [7, 11) is 0. The standard InChI is InChI=1S/C9H16O5/c10-1-7(12-5-9-6-14-9)2-11-3-8-4-13-8/h7-10H,1-6H2/t7-,8+,9-/m1/s1. The van der Waals surface area contributed by atoms with E-state index in [0.29, 0.717) is 19.8 Å². The SMILES string of the molecule is OC[C@H](COC[C@H]1CO1)OC[C@@H]1CO1. The van der Waals surface area contributed by atoms with Gasteiger partial charge in [-0.05, 0) is 0 Å². The molecule has 2 heterocycles. The van der Waals surface area contributed by atoms with E-state index in [9.17, 15) is 0 Å². The largest absolute Gasteiger partial charge is 0.394 e. The molecule has 0 radical (unpaired) electrons. The quantitative estimate of drug-likeness (QED) is 0.523. The molecule has 0 spiro atoms. The van der Waals surface area contributed by atoms with Crippen molar-refractivity contribution in [3.63, 3.8) is 0 Å². The second-order valence-corrected chi connectivity index (χ2v) is 3.59. The van der Waals surface area contributed by atoms with Gasteiger partial charge in [-0.1, -0.05) is 0 Å². The Hall–Kier alpha value is -0.200. The van der Waals surface area contributed by atoms with Crippen LogP contribution in [0.15, 0.2) is 0 Å². The summed E-state index contributed by atoms with van der Waals surface area (Å²) in [6.45, 7) is 3.12. The van der Waals surface area contributed by atoms with E-state index in [1.54, 1.807) is 0 Å². The third-order valence-corrected chi connectivity index (χ3v) is 2.13. The topological polar surface area (TPSA) is 63.8 Å². The van der Waals surface area contributed by atoms with Crippen LogP contribution in [0.3, 0.4) is 0 Å². The van der Waals surface area contributed by atoms with Crippen LogP contribution < -0.4 is 0 Å². The van der Waals surface area contributed by atoms with Gasteiger partial charge in [0.1, 0.15) is 18.3 Å². The van der Waals surface area contributed by atoms with Crippen LogP contribution in [0, 0.1) is 0 Å². The van der Waals surface area contributed by atoms with E-state index < -0.39 is 0 Å². The second kappa shape index (κ2) is 5.04. The lowest BCUT2D eigenvalue weighted by atomic mass is 10.4. The highest BCUT2D eigenvalue weighted by Gasteiger charge is 2.25. The van der Waals surface area contributed by atoms with E-state index >= 15 is 0 Å². The van der Waals surface area contributed by atoms with Gasteiger partial charge in [0.15, 0.2) is 0 Å². The zero-order valence-electron chi connectivity index (χ0n) is 8.05. The maximum atomic E-state index is 8.96. The average Bonchev–Trinajstić information content (AvgIpc) is 3.01. The second-order valence-electron chi connectivity index (χ2n) is 3.59. The number of hydrogen-bond donors (Lipinski definition) is 1. The highest BCUT2D eigenvalue weighted by Crippen LogP contribution is 2.11. The van der Waals surface area contributed by atoms with Crippen LogP contribution in [-0.2, 0) is 18.9 Å². The van der Waals surface area contributed by atoms with Gasteiger partial charge in [0.25, 0.3) is 0 Å². The van der Waals surface area contributed by atoms with Crippen molar-refractivity contribution in [2.24, 2.45) is 0 Å². The van der Waals surface area contributed by atoms with Gasteiger partial charge in [-0.2, -0.15) is 0 Å². The molecule has 2 saturated heterocycles. The first-order valence-corrected chi connectivity index (χ1v) is 4.92. The van der Waals surface area contributed by atoms with Gasteiger partial charge in [0.2, 0.25) is 0 Å². The van der Waals surface area contributed by atoms with Crippen molar-refractivity contribution in [2.75, 3.05) is 39.6 Å². The van der Waals surface area contributed by atoms with E-state index in [1.165, 1.54) is 0 Å². The number of epoxide rings is 2. The van der Waals surface area contributed by atoms with Crippen LogP contribution in [0.1, 0.15) is 0 Å². The molecule has 0 unspecified atom stereocenters. The fourth-order valence-corrected chi connectivity index (χ4v) is 1.06. The highest BCUT2D eigenvalue weighted by molar-refractivity contribution is 4.70. The first-order valence-electron chi connectivity index (χ1n) is 4.92. The Morgan fingerprint density at radius 2 is 1.86 bits per heavy atom. The molecule has 5 nitrogen and oxygen atoms in total. The summed E-state index contributed by atoms with van der Waals surface area (Å²) >= 11 is 0. The van der Waals surface area contributed by atoms with E-state index in [0.717, 1.165) is 13.2 Å². The minimum atomic E-state index is -0.238. The van der Waals surface area contributed by atoms with Crippen molar-refractivity contribution in [3.05, 3.63) is 0 Å². The molecule has 0 amide bonds. The molecular weight excluding hydrogens is 188 g/mol. The normalized spacial score (nSPS) is 31.5. The van der Waals surface area contributed by atoms with Crippen LogP contribution in [0.5, 0.6) is 0 Å². The van der Waals surface area contributed by atoms with Gasteiger partial charge >= 0.3 is 0 Å². The lowest BCUT2D eigenvalue weighted by Gasteiger charge is -2.14. The summed E-state index contributed by atoms with van der Waals surface area (Å²) in [5.41, 5.74) is 0. The fraction of sp³-hybridized carbons (Fsp3) is 1.00. The van der Waals surface area contributed by atoms with Crippen LogP contribution in [-0.4, -0.2) is 63.1 Å². The molecular formula is C9H16O5. The van der Waals surface area contributed by atoms with Gasteiger partial charge in [-0.25, -0.2) is 0 Å². The Bertz CT molecular complexity index is 167. The number of rotatable bonds is 8. The van der Waals surface area contributed by atoms with Crippen LogP contribution >= 0.6 is 0 Å². The maximum Gasteiger partial charge on any atom is 0.104 e. The molecule has 0 saturated carbocycles. The molecule has 0 bridgehead atoms. The zero-order chi connectivity index (χ0) is 9.80. The molecule has 0 aliphatic carbocycles.